The molecule has 2 unspecified atom stereocenters. The number of benzene rings is 1. The van der Waals surface area contributed by atoms with E-state index < -0.39 is 31.7 Å². The van der Waals surface area contributed by atoms with Gasteiger partial charge in [0.25, 0.3) is 0 Å². The standard InChI is InChI=1S/C20H26ClFN4O4S2/c1-2-20(24-11-17(31-20)19(27)28)25-32(29,30)18-8-13(21)15(9-14(18)22)23-10-12-5-7-26-6-3-4-16(12)26/h8-9,11-12,16,23-25H,2-7,10H2,1H3,(H,27,28)/t12-,16?,20?/m0/s1. The lowest BCUT2D eigenvalue weighted by atomic mass is 9.98. The third kappa shape index (κ3) is 4.58. The van der Waals surface area contributed by atoms with Crippen molar-refractivity contribution in [3.05, 3.63) is 34.1 Å². The number of carboxylic acids is 1. The number of anilines is 1. The van der Waals surface area contributed by atoms with E-state index in [1.165, 1.54) is 19.0 Å². The molecule has 1 aromatic carbocycles. The zero-order valence-electron chi connectivity index (χ0n) is 17.5. The molecule has 3 aliphatic heterocycles. The normalized spacial score (nSPS) is 27.8. The number of nitrogens with zero attached hydrogens (tertiary/aromatic N) is 1. The minimum Gasteiger partial charge on any atom is -0.477 e. The number of sulfonamides is 1. The number of nitrogens with one attached hydrogen (secondary N) is 3. The third-order valence-corrected chi connectivity index (χ3v) is 9.66. The number of fused-ring (bicyclic) bond motifs is 1. The van der Waals surface area contributed by atoms with Crippen LogP contribution in [0.4, 0.5) is 10.1 Å². The van der Waals surface area contributed by atoms with Crippen molar-refractivity contribution in [3.8, 4) is 0 Å². The largest absolute Gasteiger partial charge is 0.477 e. The van der Waals surface area contributed by atoms with E-state index in [9.17, 15) is 17.6 Å². The van der Waals surface area contributed by atoms with Gasteiger partial charge in [0.05, 0.1) is 10.7 Å². The first kappa shape index (κ1) is 23.6. The monoisotopic (exact) mass is 504 g/mol. The van der Waals surface area contributed by atoms with Crippen LogP contribution in [0, 0.1) is 11.7 Å². The van der Waals surface area contributed by atoms with E-state index in [0.29, 0.717) is 24.2 Å². The molecule has 3 heterocycles. The number of thioether (sulfide) groups is 1. The van der Waals surface area contributed by atoms with Crippen LogP contribution >= 0.6 is 23.4 Å². The van der Waals surface area contributed by atoms with Crippen LogP contribution in [0.15, 0.2) is 28.1 Å². The first-order valence-electron chi connectivity index (χ1n) is 10.6. The number of carboxylic acid groups (broad SMARTS) is 1. The Morgan fingerprint density at radius 3 is 2.88 bits per heavy atom. The lowest BCUT2D eigenvalue weighted by Crippen LogP contribution is -2.52. The fraction of sp³-hybridized carbons (Fsp3) is 0.550. The predicted molar refractivity (Wildman–Crippen MR) is 122 cm³/mol. The smallest absolute Gasteiger partial charge is 0.343 e. The Bertz CT molecular complexity index is 1050. The first-order valence-corrected chi connectivity index (χ1v) is 13.2. The SMILES string of the molecule is CCC1(NS(=O)(=O)c2cc(Cl)c(NC[C@@H]3CCN4CCCC34)cc2F)NC=C(C(=O)O)S1. The summed E-state index contributed by atoms with van der Waals surface area (Å²) in [5.74, 6) is -1.66. The van der Waals surface area contributed by atoms with Crippen LogP contribution in [0.2, 0.25) is 5.02 Å². The second-order valence-corrected chi connectivity index (χ2v) is 11.7. The van der Waals surface area contributed by atoms with E-state index in [2.05, 4.69) is 20.3 Å². The van der Waals surface area contributed by atoms with Crippen molar-refractivity contribution >= 4 is 45.0 Å². The van der Waals surface area contributed by atoms with E-state index in [-0.39, 0.29) is 16.3 Å². The van der Waals surface area contributed by atoms with Crippen molar-refractivity contribution in [2.75, 3.05) is 25.0 Å². The second-order valence-electron chi connectivity index (χ2n) is 8.28. The van der Waals surface area contributed by atoms with Crippen LogP contribution < -0.4 is 15.4 Å². The maximum atomic E-state index is 14.9. The van der Waals surface area contributed by atoms with Gasteiger partial charge in [-0.05, 0) is 56.8 Å². The number of hydrogen-bond acceptors (Lipinski definition) is 7. The molecule has 12 heteroatoms. The molecule has 32 heavy (non-hydrogen) atoms. The van der Waals surface area contributed by atoms with Crippen LogP contribution in [0.1, 0.15) is 32.6 Å². The Hall–Kier alpha value is -1.53. The minimum absolute atomic E-state index is 0.0413. The summed E-state index contributed by atoms with van der Waals surface area (Å²) in [7, 11) is -4.33. The van der Waals surface area contributed by atoms with E-state index in [1.54, 1.807) is 6.92 Å². The molecule has 1 aromatic rings. The van der Waals surface area contributed by atoms with Gasteiger partial charge in [-0.25, -0.2) is 17.6 Å². The van der Waals surface area contributed by atoms with Crippen molar-refractivity contribution in [2.45, 2.75) is 48.5 Å². The van der Waals surface area contributed by atoms with Gasteiger partial charge in [0.15, 0.2) is 4.99 Å². The van der Waals surface area contributed by atoms with Crippen LogP contribution in [0.25, 0.3) is 0 Å². The average molecular weight is 505 g/mol. The molecule has 4 rings (SSSR count). The summed E-state index contributed by atoms with van der Waals surface area (Å²) in [4.78, 5) is 11.7. The molecule has 176 valence electrons. The molecule has 0 radical (unpaired) electrons. The molecule has 8 nitrogen and oxygen atoms in total. The molecule has 4 N–H and O–H groups in total. The molecule has 0 amide bonds. The molecule has 0 bridgehead atoms. The summed E-state index contributed by atoms with van der Waals surface area (Å²) in [5.41, 5.74) is 0.355. The number of carbonyl (C=O) groups is 1. The van der Waals surface area contributed by atoms with Crippen LogP contribution in [0.5, 0.6) is 0 Å². The van der Waals surface area contributed by atoms with Gasteiger partial charge in [-0.15, -0.1) is 0 Å². The van der Waals surface area contributed by atoms with Gasteiger partial charge in [0.2, 0.25) is 10.0 Å². The average Bonchev–Trinajstić information content (AvgIpc) is 3.45. The second kappa shape index (κ2) is 9.02. The molecule has 2 saturated heterocycles. The molecule has 0 saturated carbocycles. The van der Waals surface area contributed by atoms with Gasteiger partial charge >= 0.3 is 5.97 Å². The Balaban J connectivity index is 1.48. The molecular formula is C20H26ClFN4O4S2. The summed E-state index contributed by atoms with van der Waals surface area (Å²) >= 11 is 7.13. The van der Waals surface area contributed by atoms with Gasteiger partial charge < -0.3 is 20.6 Å². The van der Waals surface area contributed by atoms with Crippen molar-refractivity contribution < 1.29 is 22.7 Å². The maximum absolute atomic E-state index is 14.9. The highest BCUT2D eigenvalue weighted by Gasteiger charge is 2.41. The number of hydrogen-bond donors (Lipinski definition) is 4. The van der Waals surface area contributed by atoms with Crippen molar-refractivity contribution in [3.63, 3.8) is 0 Å². The molecule has 2 fully saturated rings. The summed E-state index contributed by atoms with van der Waals surface area (Å²) in [5, 5.41) is 15.2. The number of aliphatic carboxylic acids is 1. The van der Waals surface area contributed by atoms with Gasteiger partial charge in [-0.1, -0.05) is 30.3 Å². The van der Waals surface area contributed by atoms with Gasteiger partial charge in [-0.3, -0.25) is 0 Å². The zero-order valence-corrected chi connectivity index (χ0v) is 19.9. The molecule has 0 spiro atoms. The Kier molecular flexibility index (Phi) is 6.66. The zero-order chi connectivity index (χ0) is 23.1. The highest BCUT2D eigenvalue weighted by Crippen LogP contribution is 2.38. The van der Waals surface area contributed by atoms with Crippen LogP contribution in [-0.2, 0) is 14.8 Å². The Labute approximate surface area is 196 Å². The summed E-state index contributed by atoms with van der Waals surface area (Å²) in [6.45, 7) is 4.54. The van der Waals surface area contributed by atoms with E-state index in [0.717, 1.165) is 43.4 Å². The minimum atomic E-state index is -4.33. The topological polar surface area (TPSA) is 111 Å². The van der Waals surface area contributed by atoms with Crippen LogP contribution in [0.3, 0.4) is 0 Å². The number of halogens is 2. The maximum Gasteiger partial charge on any atom is 0.343 e. The lowest BCUT2D eigenvalue weighted by molar-refractivity contribution is -0.131. The highest BCUT2D eigenvalue weighted by atomic mass is 35.5. The molecular weight excluding hydrogens is 479 g/mol. The predicted octanol–water partition coefficient (Wildman–Crippen LogP) is 2.98. The fourth-order valence-electron chi connectivity index (χ4n) is 4.64. The quantitative estimate of drug-likeness (QED) is 0.427. The fourth-order valence-corrected chi connectivity index (χ4v) is 7.61. The van der Waals surface area contributed by atoms with Crippen LogP contribution in [-0.4, -0.2) is 55.1 Å². The van der Waals surface area contributed by atoms with Crippen molar-refractivity contribution in [2.24, 2.45) is 5.92 Å². The van der Waals surface area contributed by atoms with E-state index in [4.69, 9.17) is 16.7 Å². The summed E-state index contributed by atoms with van der Waals surface area (Å²) in [6.07, 6.45) is 4.89. The molecule has 0 aliphatic carbocycles. The Morgan fingerprint density at radius 2 is 2.19 bits per heavy atom. The molecule has 3 aliphatic rings. The highest BCUT2D eigenvalue weighted by molar-refractivity contribution is 8.06. The van der Waals surface area contributed by atoms with E-state index in [1.807, 2.05) is 0 Å². The van der Waals surface area contributed by atoms with E-state index >= 15 is 0 Å². The lowest BCUT2D eigenvalue weighted by Gasteiger charge is -2.28. The third-order valence-electron chi connectivity index (χ3n) is 6.34. The van der Waals surface area contributed by atoms with Gasteiger partial charge in [0, 0.05) is 18.8 Å². The molecule has 0 aromatic heterocycles. The van der Waals surface area contributed by atoms with Crippen molar-refractivity contribution in [1.82, 2.24) is 14.9 Å². The van der Waals surface area contributed by atoms with Gasteiger partial charge in [-0.2, -0.15) is 4.72 Å². The number of rotatable bonds is 8. The summed E-state index contributed by atoms with van der Waals surface area (Å²) in [6, 6.07) is 2.74. The first-order chi connectivity index (χ1) is 15.1. The van der Waals surface area contributed by atoms with Gasteiger partial charge in [0.1, 0.15) is 15.6 Å². The molecule has 3 atom stereocenters. The summed E-state index contributed by atoms with van der Waals surface area (Å²) < 4.78 is 43.2. The Morgan fingerprint density at radius 1 is 1.41 bits per heavy atom. The van der Waals surface area contributed by atoms with Crippen molar-refractivity contribution in [1.29, 1.82) is 0 Å².